The average molecular weight is 643 g/mol. The first-order chi connectivity index (χ1) is 24.6. The van der Waals surface area contributed by atoms with Gasteiger partial charge in [-0.15, -0.1) is 0 Å². The van der Waals surface area contributed by atoms with Crippen molar-refractivity contribution in [1.82, 2.24) is 0 Å². The second-order valence-electron chi connectivity index (χ2n) is 13.7. The van der Waals surface area contributed by atoms with Crippen molar-refractivity contribution in [3.63, 3.8) is 0 Å². The van der Waals surface area contributed by atoms with Crippen LogP contribution in [-0.2, 0) is 0 Å². The summed E-state index contributed by atoms with van der Waals surface area (Å²) in [5.74, 6) is 0.776. The van der Waals surface area contributed by atoms with Gasteiger partial charge in [0, 0.05) is 0 Å². The maximum Gasteiger partial charge on any atom is -0.000710 e. The van der Waals surface area contributed by atoms with E-state index in [-0.39, 0.29) is 0 Å². The third-order valence-corrected chi connectivity index (χ3v) is 10.6. The summed E-state index contributed by atoms with van der Waals surface area (Å²) < 4.78 is 0. The van der Waals surface area contributed by atoms with E-state index in [4.69, 9.17) is 0 Å². The molecule has 0 saturated heterocycles. The van der Waals surface area contributed by atoms with Gasteiger partial charge in [0.15, 0.2) is 0 Å². The zero-order chi connectivity index (χ0) is 34.0. The molecule has 2 atom stereocenters. The number of fused-ring (bicyclic) bond motifs is 4. The lowest BCUT2D eigenvalue weighted by molar-refractivity contribution is 0.717. The minimum Gasteiger partial charge on any atom is -0.0773 e. The molecule has 0 aliphatic carbocycles. The first-order valence-electron chi connectivity index (χ1n) is 18.0. The molecule has 0 aliphatic rings. The van der Waals surface area contributed by atoms with E-state index in [2.05, 4.69) is 197 Å². The fourth-order valence-electron chi connectivity index (χ4n) is 7.70. The van der Waals surface area contributed by atoms with Crippen molar-refractivity contribution in [1.29, 1.82) is 0 Å². The van der Waals surface area contributed by atoms with Gasteiger partial charge >= 0.3 is 0 Å². The molecule has 0 radical (unpaired) electrons. The lowest BCUT2D eigenvalue weighted by atomic mass is 9.84. The maximum absolute atomic E-state index is 2.34. The van der Waals surface area contributed by atoms with Gasteiger partial charge < -0.3 is 0 Å². The van der Waals surface area contributed by atoms with Crippen molar-refractivity contribution in [2.24, 2.45) is 5.92 Å². The number of allylic oxidation sites excluding steroid dienone is 4. The van der Waals surface area contributed by atoms with Crippen molar-refractivity contribution < 1.29 is 0 Å². The minimum atomic E-state index is 0.329. The highest BCUT2D eigenvalue weighted by Crippen LogP contribution is 2.45. The van der Waals surface area contributed by atoms with Crippen LogP contribution in [0.1, 0.15) is 44.2 Å². The summed E-state index contributed by atoms with van der Waals surface area (Å²) in [6.45, 7) is 6.91. The van der Waals surface area contributed by atoms with Gasteiger partial charge in [-0.2, -0.15) is 0 Å². The molecular weight excluding hydrogens is 601 g/mol. The van der Waals surface area contributed by atoms with Crippen molar-refractivity contribution in [3.8, 4) is 22.3 Å². The molecule has 8 aromatic carbocycles. The molecule has 8 rings (SSSR count). The predicted molar refractivity (Wildman–Crippen MR) is 219 cm³/mol. The van der Waals surface area contributed by atoms with Gasteiger partial charge in [-0.05, 0) is 100 Å². The molecule has 0 aliphatic heterocycles. The molecule has 0 heteroatoms. The Morgan fingerprint density at radius 3 is 1.74 bits per heavy atom. The highest BCUT2D eigenvalue weighted by molar-refractivity contribution is 6.23. The number of benzene rings is 8. The van der Waals surface area contributed by atoms with E-state index in [0.717, 1.165) is 6.42 Å². The van der Waals surface area contributed by atoms with Gasteiger partial charge in [0.25, 0.3) is 0 Å². The lowest BCUT2D eigenvalue weighted by Gasteiger charge is -2.19. The SMILES string of the molecule is CCC(C)/C(=C\C=C/C(C)c1ccc2ccccc2c1)c1ccc(-c2c3ccccc3c(-c3cccc4ccccc34)c3ccccc23)cc1. The summed E-state index contributed by atoms with van der Waals surface area (Å²) in [5.41, 5.74) is 9.13. The van der Waals surface area contributed by atoms with Crippen LogP contribution in [0.4, 0.5) is 0 Å². The lowest BCUT2D eigenvalue weighted by Crippen LogP contribution is -1.98. The van der Waals surface area contributed by atoms with Gasteiger partial charge in [-0.1, -0.05) is 197 Å². The molecule has 8 aromatic rings. The van der Waals surface area contributed by atoms with Gasteiger partial charge in [-0.3, -0.25) is 0 Å². The molecule has 0 saturated carbocycles. The molecule has 0 amide bonds. The molecule has 0 N–H and O–H groups in total. The Balaban J connectivity index is 1.19. The van der Waals surface area contributed by atoms with E-state index in [9.17, 15) is 0 Å². The number of rotatable bonds is 8. The third kappa shape index (κ3) is 5.82. The van der Waals surface area contributed by atoms with Crippen LogP contribution in [0.5, 0.6) is 0 Å². The van der Waals surface area contributed by atoms with E-state index < -0.39 is 0 Å². The van der Waals surface area contributed by atoms with Crippen LogP contribution in [0.2, 0.25) is 0 Å². The molecule has 0 bridgehead atoms. The molecular formula is C50H42. The number of hydrogen-bond acceptors (Lipinski definition) is 0. The zero-order valence-electron chi connectivity index (χ0n) is 29.1. The van der Waals surface area contributed by atoms with Crippen molar-refractivity contribution >= 4 is 48.7 Å². The smallest absolute Gasteiger partial charge is 0.000710 e. The fourth-order valence-corrected chi connectivity index (χ4v) is 7.70. The summed E-state index contributed by atoms with van der Waals surface area (Å²) in [6, 6.07) is 58.1. The van der Waals surface area contributed by atoms with Crippen LogP contribution in [0, 0.1) is 5.92 Å². The summed E-state index contributed by atoms with van der Waals surface area (Å²) in [7, 11) is 0. The second-order valence-corrected chi connectivity index (χ2v) is 13.7. The Morgan fingerprint density at radius 1 is 0.520 bits per heavy atom. The Hall–Kier alpha value is -5.72. The maximum atomic E-state index is 2.34. The molecule has 2 unspecified atom stereocenters. The van der Waals surface area contributed by atoms with Crippen LogP contribution in [0.3, 0.4) is 0 Å². The van der Waals surface area contributed by atoms with Crippen LogP contribution in [0.15, 0.2) is 176 Å². The summed E-state index contributed by atoms with van der Waals surface area (Å²) in [6.07, 6.45) is 8.02. The molecule has 0 fully saturated rings. The Labute approximate surface area is 296 Å². The first-order valence-corrected chi connectivity index (χ1v) is 18.0. The van der Waals surface area contributed by atoms with Crippen LogP contribution in [0.25, 0.3) is 70.9 Å². The number of hydrogen-bond donors (Lipinski definition) is 0. The summed E-state index contributed by atoms with van der Waals surface area (Å²) >= 11 is 0. The Bertz CT molecular complexity index is 2480. The molecule has 0 heterocycles. The van der Waals surface area contributed by atoms with Crippen LogP contribution in [-0.4, -0.2) is 0 Å². The normalized spacial score (nSPS) is 13.5. The standard InChI is InChI=1S/C50H42/c1-4-34(2)42(25-13-15-35(3)40-32-27-36-16-5-6-18-41(36)33-40)38-28-30-39(31-29-38)49-45-21-9-11-23-47(45)50(48-24-12-10-22-46(48)49)44-26-14-19-37-17-7-8-20-43(37)44/h5-35H,4H2,1-3H3/b15-13-,42-25+. The van der Waals surface area contributed by atoms with E-state index in [0.29, 0.717) is 11.8 Å². The third-order valence-electron chi connectivity index (χ3n) is 10.6. The Morgan fingerprint density at radius 2 is 1.08 bits per heavy atom. The monoisotopic (exact) mass is 642 g/mol. The quantitative estimate of drug-likeness (QED) is 0.114. The summed E-state index contributed by atoms with van der Waals surface area (Å²) in [4.78, 5) is 0. The molecule has 0 aromatic heterocycles. The van der Waals surface area contributed by atoms with E-state index in [1.54, 1.807) is 0 Å². The van der Waals surface area contributed by atoms with Crippen molar-refractivity contribution in [2.75, 3.05) is 0 Å². The zero-order valence-corrected chi connectivity index (χ0v) is 29.1. The summed E-state index contributed by atoms with van der Waals surface area (Å²) in [5, 5.41) is 10.3. The second kappa shape index (κ2) is 13.7. The Kier molecular flexibility index (Phi) is 8.61. The minimum absolute atomic E-state index is 0.329. The van der Waals surface area contributed by atoms with Crippen molar-refractivity contribution in [2.45, 2.75) is 33.1 Å². The van der Waals surface area contributed by atoms with Crippen LogP contribution >= 0.6 is 0 Å². The molecule has 0 spiro atoms. The van der Waals surface area contributed by atoms with Gasteiger partial charge in [-0.25, -0.2) is 0 Å². The van der Waals surface area contributed by atoms with Crippen molar-refractivity contribution in [3.05, 3.63) is 187 Å². The van der Waals surface area contributed by atoms with E-state index in [1.807, 2.05) is 0 Å². The molecule has 50 heavy (non-hydrogen) atoms. The highest BCUT2D eigenvalue weighted by Gasteiger charge is 2.18. The predicted octanol–water partition coefficient (Wildman–Crippen LogP) is 14.4. The van der Waals surface area contributed by atoms with Gasteiger partial charge in [0.1, 0.15) is 0 Å². The average Bonchev–Trinajstić information content (AvgIpc) is 3.18. The topological polar surface area (TPSA) is 0 Å². The first kappa shape index (κ1) is 31.5. The molecule has 0 nitrogen and oxygen atoms in total. The van der Waals surface area contributed by atoms with E-state index >= 15 is 0 Å². The van der Waals surface area contributed by atoms with Crippen LogP contribution < -0.4 is 0 Å². The van der Waals surface area contributed by atoms with E-state index in [1.165, 1.54) is 82.0 Å². The van der Waals surface area contributed by atoms with Gasteiger partial charge in [0.2, 0.25) is 0 Å². The molecule has 242 valence electrons. The fraction of sp³-hybridized carbons (Fsp3) is 0.120. The largest absolute Gasteiger partial charge is 0.0773 e. The van der Waals surface area contributed by atoms with Gasteiger partial charge in [0.05, 0.1) is 0 Å². The highest BCUT2D eigenvalue weighted by atomic mass is 14.2.